The van der Waals surface area contributed by atoms with Crippen molar-refractivity contribution in [1.29, 1.82) is 0 Å². The van der Waals surface area contributed by atoms with Crippen LogP contribution < -0.4 is 11.1 Å². The van der Waals surface area contributed by atoms with Crippen LogP contribution in [0.4, 0.5) is 10.1 Å². The maximum atomic E-state index is 14.3. The van der Waals surface area contributed by atoms with Gasteiger partial charge in [0.25, 0.3) is 5.91 Å². The van der Waals surface area contributed by atoms with Crippen LogP contribution >= 0.6 is 0 Å². The lowest BCUT2D eigenvalue weighted by Crippen LogP contribution is -2.12. The molecule has 2 aromatic carbocycles. The zero-order valence-corrected chi connectivity index (χ0v) is 14.5. The number of nitrogens with two attached hydrogens (primary N) is 1. The Morgan fingerprint density at radius 3 is 2.68 bits per heavy atom. The normalized spacial score (nSPS) is 10.8. The second-order valence-electron chi connectivity index (χ2n) is 5.85. The molecule has 0 fully saturated rings. The SMILES string of the molecule is NCc1nc(-c2ccc(NC(=O)c3ccc(-n4cncn4)c(F)c3)cc2)n[nH]1. The predicted octanol–water partition coefficient (Wildman–Crippen LogP) is 1.90. The Kier molecular flexibility index (Phi) is 4.60. The summed E-state index contributed by atoms with van der Waals surface area (Å²) < 4.78 is 15.6. The van der Waals surface area contributed by atoms with Crippen LogP contribution in [-0.2, 0) is 6.54 Å². The van der Waals surface area contributed by atoms with Gasteiger partial charge in [-0.15, -0.1) is 0 Å². The summed E-state index contributed by atoms with van der Waals surface area (Å²) in [5.74, 6) is 0.0989. The molecule has 28 heavy (non-hydrogen) atoms. The van der Waals surface area contributed by atoms with Crippen molar-refractivity contribution in [1.82, 2.24) is 29.9 Å². The molecule has 2 heterocycles. The minimum Gasteiger partial charge on any atom is -0.324 e. The van der Waals surface area contributed by atoms with Gasteiger partial charge in [0.15, 0.2) is 5.82 Å². The van der Waals surface area contributed by atoms with Gasteiger partial charge >= 0.3 is 0 Å². The summed E-state index contributed by atoms with van der Waals surface area (Å²) in [5.41, 5.74) is 7.24. The molecule has 0 radical (unpaired) electrons. The van der Waals surface area contributed by atoms with E-state index in [0.29, 0.717) is 17.3 Å². The first-order valence-corrected chi connectivity index (χ1v) is 8.32. The third kappa shape index (κ3) is 3.48. The van der Waals surface area contributed by atoms with Crippen molar-refractivity contribution in [2.45, 2.75) is 6.54 Å². The van der Waals surface area contributed by atoms with Gasteiger partial charge in [-0.1, -0.05) is 0 Å². The van der Waals surface area contributed by atoms with Crippen molar-refractivity contribution in [3.8, 4) is 17.1 Å². The first-order chi connectivity index (χ1) is 13.6. The summed E-state index contributed by atoms with van der Waals surface area (Å²) in [4.78, 5) is 20.4. The van der Waals surface area contributed by atoms with E-state index in [-0.39, 0.29) is 17.8 Å². The Labute approximate surface area is 158 Å². The first kappa shape index (κ1) is 17.5. The van der Waals surface area contributed by atoms with Crippen LogP contribution in [0.1, 0.15) is 16.2 Å². The molecule has 0 spiro atoms. The van der Waals surface area contributed by atoms with Crippen molar-refractivity contribution >= 4 is 11.6 Å². The van der Waals surface area contributed by atoms with E-state index in [1.807, 2.05) is 0 Å². The fourth-order valence-corrected chi connectivity index (χ4v) is 2.59. The van der Waals surface area contributed by atoms with Gasteiger partial charge in [-0.25, -0.2) is 19.0 Å². The number of amides is 1. The van der Waals surface area contributed by atoms with Crippen LogP contribution in [0.25, 0.3) is 17.1 Å². The number of nitrogens with zero attached hydrogens (tertiary/aromatic N) is 5. The van der Waals surface area contributed by atoms with E-state index >= 15 is 0 Å². The number of halogens is 1. The fraction of sp³-hybridized carbons (Fsp3) is 0.0556. The van der Waals surface area contributed by atoms with E-state index in [4.69, 9.17) is 5.73 Å². The molecule has 4 rings (SSSR count). The zero-order valence-electron chi connectivity index (χ0n) is 14.5. The van der Waals surface area contributed by atoms with Gasteiger partial charge in [-0.05, 0) is 42.5 Å². The molecule has 0 aliphatic heterocycles. The van der Waals surface area contributed by atoms with Gasteiger partial charge in [0, 0.05) is 16.8 Å². The Bertz CT molecular complexity index is 1110. The second-order valence-corrected chi connectivity index (χ2v) is 5.85. The van der Waals surface area contributed by atoms with Crippen LogP contribution in [0.5, 0.6) is 0 Å². The van der Waals surface area contributed by atoms with Crippen molar-refractivity contribution < 1.29 is 9.18 Å². The standard InChI is InChI=1S/C18H15FN8O/c19-14-7-12(3-6-15(14)27-10-21-9-22-27)18(28)23-13-4-1-11(2-5-13)17-24-16(8-20)25-26-17/h1-7,9-10H,8,20H2,(H,23,28)(H,24,25,26). The number of H-pyrrole nitrogens is 1. The average molecular weight is 378 g/mol. The van der Waals surface area contributed by atoms with Crippen molar-refractivity contribution in [2.75, 3.05) is 5.32 Å². The Hall–Kier alpha value is -3.92. The monoisotopic (exact) mass is 378 g/mol. The molecule has 4 aromatic rings. The number of rotatable bonds is 5. The van der Waals surface area contributed by atoms with Gasteiger partial charge in [0.2, 0.25) is 0 Å². The minimum absolute atomic E-state index is 0.187. The number of aromatic nitrogens is 6. The Morgan fingerprint density at radius 2 is 2.04 bits per heavy atom. The summed E-state index contributed by atoms with van der Waals surface area (Å²) in [6.45, 7) is 0.271. The molecule has 2 aromatic heterocycles. The first-order valence-electron chi connectivity index (χ1n) is 8.32. The number of aromatic amines is 1. The Balaban J connectivity index is 1.48. The summed E-state index contributed by atoms with van der Waals surface area (Å²) in [6.07, 6.45) is 2.68. The number of hydrogen-bond donors (Lipinski definition) is 3. The smallest absolute Gasteiger partial charge is 0.255 e. The predicted molar refractivity (Wildman–Crippen MR) is 99.0 cm³/mol. The number of carbonyl (C=O) groups excluding carboxylic acids is 1. The summed E-state index contributed by atoms with van der Waals surface area (Å²) in [5, 5.41) is 13.4. The number of anilines is 1. The van der Waals surface area contributed by atoms with E-state index in [0.717, 1.165) is 11.6 Å². The Morgan fingerprint density at radius 1 is 1.21 bits per heavy atom. The van der Waals surface area contributed by atoms with E-state index < -0.39 is 11.7 Å². The van der Waals surface area contributed by atoms with E-state index in [1.54, 1.807) is 24.3 Å². The van der Waals surface area contributed by atoms with Gasteiger partial charge in [-0.3, -0.25) is 9.89 Å². The fourth-order valence-electron chi connectivity index (χ4n) is 2.59. The zero-order chi connectivity index (χ0) is 19.5. The third-order valence-electron chi connectivity index (χ3n) is 4.00. The van der Waals surface area contributed by atoms with Crippen molar-refractivity contribution in [3.63, 3.8) is 0 Å². The number of hydrogen-bond acceptors (Lipinski definition) is 6. The molecule has 4 N–H and O–H groups in total. The molecule has 1 amide bonds. The van der Waals surface area contributed by atoms with Crippen LogP contribution in [-0.4, -0.2) is 35.9 Å². The molecule has 0 saturated heterocycles. The number of carbonyl (C=O) groups is 1. The van der Waals surface area contributed by atoms with Gasteiger partial charge in [0.05, 0.1) is 6.54 Å². The lowest BCUT2D eigenvalue weighted by Gasteiger charge is -2.08. The molecular formula is C18H15FN8O. The van der Waals surface area contributed by atoms with Crippen molar-refractivity contribution in [3.05, 3.63) is 72.3 Å². The van der Waals surface area contributed by atoms with E-state index in [9.17, 15) is 9.18 Å². The highest BCUT2D eigenvalue weighted by molar-refractivity contribution is 6.04. The van der Waals surface area contributed by atoms with Crippen LogP contribution in [0.15, 0.2) is 55.1 Å². The molecule has 9 nitrogen and oxygen atoms in total. The highest BCUT2D eigenvalue weighted by Gasteiger charge is 2.12. The topological polar surface area (TPSA) is 127 Å². The van der Waals surface area contributed by atoms with E-state index in [2.05, 4.69) is 30.6 Å². The summed E-state index contributed by atoms with van der Waals surface area (Å²) >= 11 is 0. The number of nitrogens with one attached hydrogen (secondary N) is 2. The quantitative estimate of drug-likeness (QED) is 0.487. The second kappa shape index (κ2) is 7.37. The molecule has 0 aliphatic rings. The molecule has 0 unspecified atom stereocenters. The lowest BCUT2D eigenvalue weighted by molar-refractivity contribution is 0.102. The van der Waals surface area contributed by atoms with E-state index in [1.165, 1.54) is 29.5 Å². The maximum Gasteiger partial charge on any atom is 0.255 e. The highest BCUT2D eigenvalue weighted by Crippen LogP contribution is 2.19. The van der Waals surface area contributed by atoms with Gasteiger partial charge in [0.1, 0.15) is 30.0 Å². The molecule has 0 saturated carbocycles. The molecule has 10 heteroatoms. The molecule has 0 aliphatic carbocycles. The van der Waals surface area contributed by atoms with Crippen LogP contribution in [0.2, 0.25) is 0 Å². The largest absolute Gasteiger partial charge is 0.324 e. The minimum atomic E-state index is -0.575. The molecule has 0 bridgehead atoms. The highest BCUT2D eigenvalue weighted by atomic mass is 19.1. The molecule has 140 valence electrons. The average Bonchev–Trinajstić information content (AvgIpc) is 3.40. The molecule has 0 atom stereocenters. The molecular weight excluding hydrogens is 363 g/mol. The maximum absolute atomic E-state index is 14.3. The lowest BCUT2D eigenvalue weighted by atomic mass is 10.1. The van der Waals surface area contributed by atoms with Crippen molar-refractivity contribution in [2.24, 2.45) is 5.73 Å². The summed E-state index contributed by atoms with van der Waals surface area (Å²) in [7, 11) is 0. The van der Waals surface area contributed by atoms with Crippen LogP contribution in [0.3, 0.4) is 0 Å². The van der Waals surface area contributed by atoms with Crippen LogP contribution in [0, 0.1) is 5.82 Å². The third-order valence-corrected chi connectivity index (χ3v) is 4.00. The van der Waals surface area contributed by atoms with Gasteiger partial charge < -0.3 is 11.1 Å². The number of benzene rings is 2. The summed E-state index contributed by atoms with van der Waals surface area (Å²) in [6, 6.07) is 11.1. The van der Waals surface area contributed by atoms with Gasteiger partial charge in [-0.2, -0.15) is 10.2 Å².